The largest absolute Gasteiger partial charge is 0.487 e. The van der Waals surface area contributed by atoms with Crippen LogP contribution in [0.2, 0.25) is 10.0 Å². The second-order valence-electron chi connectivity index (χ2n) is 7.03. The van der Waals surface area contributed by atoms with E-state index in [-0.39, 0.29) is 5.91 Å². The van der Waals surface area contributed by atoms with E-state index in [0.29, 0.717) is 41.1 Å². The lowest BCUT2D eigenvalue weighted by Crippen LogP contribution is -2.30. The molecule has 2 heterocycles. The molecular weight excluding hydrogens is 465 g/mol. The van der Waals surface area contributed by atoms with Crippen LogP contribution in [0.25, 0.3) is 0 Å². The summed E-state index contributed by atoms with van der Waals surface area (Å²) in [5.41, 5.74) is 4.80. The zero-order valence-electron chi connectivity index (χ0n) is 16.9. The Bertz CT molecular complexity index is 1190. The minimum absolute atomic E-state index is 0.138. The highest BCUT2D eigenvalue weighted by Gasteiger charge is 2.18. The Morgan fingerprint density at radius 3 is 2.59 bits per heavy atom. The number of amides is 1. The van der Waals surface area contributed by atoms with Gasteiger partial charge in [0.15, 0.2) is 0 Å². The van der Waals surface area contributed by atoms with Crippen LogP contribution in [0.15, 0.2) is 77.8 Å². The van der Waals surface area contributed by atoms with Crippen LogP contribution in [0.5, 0.6) is 5.75 Å². The number of pyridine rings is 1. The lowest BCUT2D eigenvalue weighted by atomic mass is 10.1. The Morgan fingerprint density at radius 1 is 0.938 bits per heavy atom. The third-order valence-electron chi connectivity index (χ3n) is 4.67. The molecule has 0 spiro atoms. The molecule has 1 amide bonds. The molecule has 0 aliphatic carbocycles. The van der Waals surface area contributed by atoms with Crippen molar-refractivity contribution < 1.29 is 9.53 Å². The molecule has 0 bridgehead atoms. The Labute approximate surface area is 200 Å². The monoisotopic (exact) mass is 483 g/mol. The first-order valence-corrected chi connectivity index (χ1v) is 11.5. The van der Waals surface area contributed by atoms with Crippen molar-refractivity contribution >= 4 is 40.4 Å². The third-order valence-corrected chi connectivity index (χ3v) is 6.05. The molecule has 5 nitrogen and oxygen atoms in total. The summed E-state index contributed by atoms with van der Waals surface area (Å²) in [6.45, 7) is 1.06. The number of aromatic nitrogens is 2. The Kier molecular flexibility index (Phi) is 7.37. The predicted octanol–water partition coefficient (Wildman–Crippen LogP) is 6.27. The first kappa shape index (κ1) is 22.3. The zero-order valence-corrected chi connectivity index (χ0v) is 19.3. The molecule has 0 radical (unpaired) electrons. The summed E-state index contributed by atoms with van der Waals surface area (Å²) in [6, 6.07) is 18.2. The van der Waals surface area contributed by atoms with Gasteiger partial charge < -0.3 is 9.64 Å². The van der Waals surface area contributed by atoms with Crippen molar-refractivity contribution in [2.24, 2.45) is 0 Å². The SMILES string of the molecule is O=C(c1cccc(OCc2cscn2)c1)N(Cc1ccc(Cl)c(Cl)c1)Cc1ccccn1. The van der Waals surface area contributed by atoms with E-state index in [1.165, 1.54) is 11.3 Å². The lowest BCUT2D eigenvalue weighted by molar-refractivity contribution is 0.0727. The van der Waals surface area contributed by atoms with Crippen LogP contribution in [-0.2, 0) is 19.7 Å². The van der Waals surface area contributed by atoms with Crippen LogP contribution < -0.4 is 4.74 Å². The molecule has 0 saturated heterocycles. The second-order valence-corrected chi connectivity index (χ2v) is 8.56. The maximum absolute atomic E-state index is 13.5. The zero-order chi connectivity index (χ0) is 22.3. The number of nitrogens with zero attached hydrogens (tertiary/aromatic N) is 3. The van der Waals surface area contributed by atoms with Crippen LogP contribution in [0.4, 0.5) is 0 Å². The predicted molar refractivity (Wildman–Crippen MR) is 127 cm³/mol. The number of carbonyl (C=O) groups is 1. The molecule has 2 aromatic carbocycles. The molecule has 32 heavy (non-hydrogen) atoms. The van der Waals surface area contributed by atoms with Gasteiger partial charge >= 0.3 is 0 Å². The van der Waals surface area contributed by atoms with E-state index < -0.39 is 0 Å². The second kappa shape index (κ2) is 10.6. The minimum atomic E-state index is -0.138. The fourth-order valence-electron chi connectivity index (χ4n) is 3.11. The molecule has 0 N–H and O–H groups in total. The number of carbonyl (C=O) groups excluding carboxylic acids is 1. The summed E-state index contributed by atoms with van der Waals surface area (Å²) in [7, 11) is 0. The number of ether oxygens (including phenoxy) is 1. The van der Waals surface area contributed by atoms with Crippen LogP contribution >= 0.6 is 34.5 Å². The van der Waals surface area contributed by atoms with Crippen molar-refractivity contribution in [1.82, 2.24) is 14.9 Å². The summed E-state index contributed by atoms with van der Waals surface area (Å²) >= 11 is 13.7. The highest BCUT2D eigenvalue weighted by atomic mass is 35.5. The molecule has 162 valence electrons. The number of rotatable bonds is 8. The molecule has 0 saturated carbocycles. The van der Waals surface area contributed by atoms with Gasteiger partial charge in [-0.05, 0) is 48.0 Å². The van der Waals surface area contributed by atoms with Crippen molar-refractivity contribution in [2.75, 3.05) is 0 Å². The van der Waals surface area contributed by atoms with E-state index in [0.717, 1.165) is 17.0 Å². The van der Waals surface area contributed by atoms with Crippen molar-refractivity contribution in [3.8, 4) is 5.75 Å². The highest BCUT2D eigenvalue weighted by Crippen LogP contribution is 2.24. The number of halogens is 2. The molecule has 0 atom stereocenters. The third kappa shape index (κ3) is 5.85. The van der Waals surface area contributed by atoms with Gasteiger partial charge in [-0.2, -0.15) is 0 Å². The van der Waals surface area contributed by atoms with Crippen molar-refractivity contribution in [3.05, 3.63) is 110 Å². The van der Waals surface area contributed by atoms with Crippen LogP contribution in [0.3, 0.4) is 0 Å². The topological polar surface area (TPSA) is 55.3 Å². The smallest absolute Gasteiger partial charge is 0.254 e. The summed E-state index contributed by atoms with van der Waals surface area (Å²) in [5.74, 6) is 0.469. The van der Waals surface area contributed by atoms with Gasteiger partial charge in [0.1, 0.15) is 12.4 Å². The molecule has 0 aliphatic rings. The van der Waals surface area contributed by atoms with Crippen molar-refractivity contribution in [3.63, 3.8) is 0 Å². The average molecular weight is 484 g/mol. The van der Waals surface area contributed by atoms with Gasteiger partial charge in [0, 0.05) is 23.7 Å². The lowest BCUT2D eigenvalue weighted by Gasteiger charge is -2.23. The first-order valence-electron chi connectivity index (χ1n) is 9.81. The van der Waals surface area contributed by atoms with Gasteiger partial charge in [-0.15, -0.1) is 11.3 Å². The van der Waals surface area contributed by atoms with Crippen LogP contribution in [-0.4, -0.2) is 20.8 Å². The van der Waals surface area contributed by atoms with Gasteiger partial charge in [-0.25, -0.2) is 4.98 Å². The van der Waals surface area contributed by atoms with E-state index >= 15 is 0 Å². The molecule has 4 rings (SSSR count). The first-order chi connectivity index (χ1) is 15.6. The molecule has 8 heteroatoms. The van der Waals surface area contributed by atoms with Gasteiger partial charge in [0.2, 0.25) is 0 Å². The average Bonchev–Trinajstić information content (AvgIpc) is 3.34. The molecule has 0 aliphatic heterocycles. The van der Waals surface area contributed by atoms with E-state index in [1.807, 2.05) is 41.8 Å². The molecule has 0 unspecified atom stereocenters. The quantitative estimate of drug-likeness (QED) is 0.296. The van der Waals surface area contributed by atoms with Gasteiger partial charge in [0.05, 0.1) is 33.5 Å². The van der Waals surface area contributed by atoms with Crippen molar-refractivity contribution in [2.45, 2.75) is 19.7 Å². The fraction of sp³-hybridized carbons (Fsp3) is 0.125. The molecular formula is C24H19Cl2N3O2S. The minimum Gasteiger partial charge on any atom is -0.487 e. The molecule has 4 aromatic rings. The van der Waals surface area contributed by atoms with Crippen LogP contribution in [0, 0.1) is 0 Å². The molecule has 0 fully saturated rings. The number of hydrogen-bond donors (Lipinski definition) is 0. The Balaban J connectivity index is 1.56. The highest BCUT2D eigenvalue weighted by molar-refractivity contribution is 7.07. The summed E-state index contributed by atoms with van der Waals surface area (Å²) in [6.07, 6.45) is 1.71. The summed E-state index contributed by atoms with van der Waals surface area (Å²) in [5, 5.41) is 2.86. The standard InChI is InChI=1S/C24H19Cl2N3O2S/c25-22-8-7-17(10-23(22)26)12-29(13-19-5-1-2-9-27-19)24(30)18-4-3-6-21(11-18)31-14-20-15-32-16-28-20/h1-11,15-16H,12-14H2. The normalized spacial score (nSPS) is 10.7. The summed E-state index contributed by atoms with van der Waals surface area (Å²) < 4.78 is 5.82. The van der Waals surface area contributed by atoms with E-state index in [1.54, 1.807) is 40.9 Å². The maximum atomic E-state index is 13.5. The summed E-state index contributed by atoms with van der Waals surface area (Å²) in [4.78, 5) is 23.8. The fourth-order valence-corrected chi connectivity index (χ4v) is 3.98. The maximum Gasteiger partial charge on any atom is 0.254 e. The van der Waals surface area contributed by atoms with E-state index in [2.05, 4.69) is 9.97 Å². The number of thiazole rings is 1. The van der Waals surface area contributed by atoms with Crippen LogP contribution in [0.1, 0.15) is 27.3 Å². The van der Waals surface area contributed by atoms with Gasteiger partial charge in [-0.3, -0.25) is 9.78 Å². The molecule has 2 aromatic heterocycles. The Hall–Kier alpha value is -2.93. The van der Waals surface area contributed by atoms with Gasteiger partial charge in [-0.1, -0.05) is 41.4 Å². The van der Waals surface area contributed by atoms with E-state index in [9.17, 15) is 4.79 Å². The van der Waals surface area contributed by atoms with Crippen molar-refractivity contribution in [1.29, 1.82) is 0 Å². The Morgan fingerprint density at radius 2 is 1.84 bits per heavy atom. The number of hydrogen-bond acceptors (Lipinski definition) is 5. The number of benzene rings is 2. The van der Waals surface area contributed by atoms with Gasteiger partial charge in [0.25, 0.3) is 5.91 Å². The van der Waals surface area contributed by atoms with E-state index in [4.69, 9.17) is 27.9 Å².